The molecule has 1 rings (SSSR count). The summed E-state index contributed by atoms with van der Waals surface area (Å²) in [4.78, 5) is 10.9. The van der Waals surface area contributed by atoms with Crippen molar-refractivity contribution in [3.63, 3.8) is 0 Å². The van der Waals surface area contributed by atoms with Crippen LogP contribution in [0.4, 0.5) is 0 Å². The summed E-state index contributed by atoms with van der Waals surface area (Å²) >= 11 is 0. The number of Topliss-reactive ketones (excluding diaryl/α,β-unsaturated/α-hetero) is 1. The molecule has 0 aliphatic heterocycles. The lowest BCUT2D eigenvalue weighted by Crippen LogP contribution is -2.32. The Morgan fingerprint density at radius 1 is 1.45 bits per heavy atom. The van der Waals surface area contributed by atoms with Crippen molar-refractivity contribution in [2.45, 2.75) is 45.1 Å². The number of carbonyl (C=O) groups is 1. The number of rotatable bonds is 1. The lowest BCUT2D eigenvalue weighted by atomic mass is 9.78. The molecule has 0 amide bonds. The van der Waals surface area contributed by atoms with Gasteiger partial charge < -0.3 is 5.11 Å². The zero-order chi connectivity index (χ0) is 8.48. The zero-order valence-corrected chi connectivity index (χ0v) is 7.26. The Labute approximate surface area is 67.6 Å². The van der Waals surface area contributed by atoms with Gasteiger partial charge in [0.25, 0.3) is 0 Å². The number of hydrogen-bond donors (Lipinski definition) is 1. The van der Waals surface area contributed by atoms with Gasteiger partial charge in [-0.1, -0.05) is 0 Å². The van der Waals surface area contributed by atoms with Crippen LogP contribution in [-0.4, -0.2) is 16.5 Å². The van der Waals surface area contributed by atoms with Crippen molar-refractivity contribution in [1.82, 2.24) is 0 Å². The Morgan fingerprint density at radius 3 is 2.27 bits per heavy atom. The summed E-state index contributed by atoms with van der Waals surface area (Å²) in [5, 5.41) is 9.56. The van der Waals surface area contributed by atoms with E-state index in [1.165, 1.54) is 0 Å². The molecule has 2 heteroatoms. The predicted molar refractivity (Wildman–Crippen MR) is 43.3 cm³/mol. The Balaban J connectivity index is 2.42. The van der Waals surface area contributed by atoms with Crippen molar-refractivity contribution in [1.29, 1.82) is 0 Å². The average molecular weight is 156 g/mol. The summed E-state index contributed by atoms with van der Waals surface area (Å²) in [5.74, 6) is 0.496. The van der Waals surface area contributed by atoms with Crippen LogP contribution >= 0.6 is 0 Å². The normalized spacial score (nSPS) is 38.6. The molecule has 0 radical (unpaired) electrons. The van der Waals surface area contributed by atoms with E-state index in [9.17, 15) is 9.90 Å². The van der Waals surface area contributed by atoms with Gasteiger partial charge in [0.1, 0.15) is 5.78 Å². The number of hydrogen-bond acceptors (Lipinski definition) is 2. The molecule has 1 aliphatic rings. The molecule has 1 saturated carbocycles. The molecule has 1 N–H and O–H groups in total. The van der Waals surface area contributed by atoms with E-state index in [-0.39, 0.29) is 11.7 Å². The van der Waals surface area contributed by atoms with Crippen LogP contribution in [0.3, 0.4) is 0 Å². The second-order valence-electron chi connectivity index (χ2n) is 3.88. The van der Waals surface area contributed by atoms with Gasteiger partial charge in [0.15, 0.2) is 0 Å². The Kier molecular flexibility index (Phi) is 2.33. The van der Waals surface area contributed by atoms with Gasteiger partial charge in [-0.15, -0.1) is 0 Å². The largest absolute Gasteiger partial charge is 0.390 e. The van der Waals surface area contributed by atoms with Crippen molar-refractivity contribution in [3.05, 3.63) is 0 Å². The Bertz CT molecular complexity index is 151. The summed E-state index contributed by atoms with van der Waals surface area (Å²) in [5.41, 5.74) is -0.508. The molecule has 0 spiro atoms. The molecule has 64 valence electrons. The Hall–Kier alpha value is -0.370. The monoisotopic (exact) mass is 156 g/mol. The highest BCUT2D eigenvalue weighted by Crippen LogP contribution is 2.31. The first kappa shape index (κ1) is 8.72. The van der Waals surface area contributed by atoms with Crippen molar-refractivity contribution in [3.8, 4) is 0 Å². The van der Waals surface area contributed by atoms with Crippen LogP contribution < -0.4 is 0 Å². The number of ketones is 1. The molecular weight excluding hydrogens is 140 g/mol. The maximum atomic E-state index is 10.9. The van der Waals surface area contributed by atoms with Gasteiger partial charge in [0.05, 0.1) is 5.60 Å². The molecule has 1 aliphatic carbocycles. The van der Waals surface area contributed by atoms with Crippen molar-refractivity contribution >= 4 is 5.78 Å². The molecule has 0 aromatic rings. The number of aliphatic hydroxyl groups is 1. The maximum absolute atomic E-state index is 10.9. The first-order valence-electron chi connectivity index (χ1n) is 4.24. The van der Waals surface area contributed by atoms with E-state index >= 15 is 0 Å². The van der Waals surface area contributed by atoms with E-state index in [0.717, 1.165) is 25.7 Å². The molecule has 11 heavy (non-hydrogen) atoms. The van der Waals surface area contributed by atoms with Crippen LogP contribution in [-0.2, 0) is 4.79 Å². The van der Waals surface area contributed by atoms with Crippen molar-refractivity contribution < 1.29 is 9.90 Å². The van der Waals surface area contributed by atoms with Gasteiger partial charge in [0.2, 0.25) is 0 Å². The van der Waals surface area contributed by atoms with E-state index in [1.54, 1.807) is 6.92 Å². The first-order chi connectivity index (χ1) is 5.01. The maximum Gasteiger partial charge on any atom is 0.132 e. The van der Waals surface area contributed by atoms with Gasteiger partial charge in [-0.25, -0.2) is 0 Å². The molecular formula is C9H16O2. The lowest BCUT2D eigenvalue weighted by molar-refractivity contribution is -0.123. The highest BCUT2D eigenvalue weighted by Gasteiger charge is 2.30. The van der Waals surface area contributed by atoms with Gasteiger partial charge >= 0.3 is 0 Å². The summed E-state index contributed by atoms with van der Waals surface area (Å²) in [6.45, 7) is 3.49. The second-order valence-corrected chi connectivity index (χ2v) is 3.88. The van der Waals surface area contributed by atoms with Crippen LogP contribution in [0, 0.1) is 5.92 Å². The zero-order valence-electron chi connectivity index (χ0n) is 7.26. The SMILES string of the molecule is CC(=O)[C@H]1CC[C@](C)(O)CC1. The molecule has 0 aromatic heterocycles. The molecule has 0 atom stereocenters. The quantitative estimate of drug-likeness (QED) is 0.625. The molecule has 0 heterocycles. The molecule has 2 nitrogen and oxygen atoms in total. The average Bonchev–Trinajstić information content (AvgIpc) is 1.86. The van der Waals surface area contributed by atoms with E-state index in [0.29, 0.717) is 0 Å². The summed E-state index contributed by atoms with van der Waals surface area (Å²) in [6, 6.07) is 0. The number of carbonyl (C=O) groups excluding carboxylic acids is 1. The first-order valence-corrected chi connectivity index (χ1v) is 4.24. The van der Waals surface area contributed by atoms with Crippen LogP contribution in [0.15, 0.2) is 0 Å². The third kappa shape index (κ3) is 2.29. The molecule has 0 aromatic carbocycles. The minimum atomic E-state index is -0.508. The second kappa shape index (κ2) is 2.94. The van der Waals surface area contributed by atoms with Crippen LogP contribution in [0.5, 0.6) is 0 Å². The molecule has 1 fully saturated rings. The topological polar surface area (TPSA) is 37.3 Å². The van der Waals surface area contributed by atoms with Crippen LogP contribution in [0.1, 0.15) is 39.5 Å². The highest BCUT2D eigenvalue weighted by molar-refractivity contribution is 5.78. The van der Waals surface area contributed by atoms with Gasteiger partial charge in [0, 0.05) is 5.92 Å². The van der Waals surface area contributed by atoms with Gasteiger partial charge in [-0.2, -0.15) is 0 Å². The standard InChI is InChI=1S/C9H16O2/c1-7(10)8-3-5-9(2,11)6-4-8/h8,11H,3-6H2,1-2H3/t8-,9-. The van der Waals surface area contributed by atoms with E-state index in [2.05, 4.69) is 0 Å². The van der Waals surface area contributed by atoms with Crippen molar-refractivity contribution in [2.24, 2.45) is 5.92 Å². The third-order valence-corrected chi connectivity index (χ3v) is 2.64. The Morgan fingerprint density at radius 2 is 1.91 bits per heavy atom. The fourth-order valence-electron chi connectivity index (χ4n) is 1.65. The van der Waals surface area contributed by atoms with Crippen molar-refractivity contribution in [2.75, 3.05) is 0 Å². The summed E-state index contributed by atoms with van der Waals surface area (Å²) in [7, 11) is 0. The predicted octanol–water partition coefficient (Wildman–Crippen LogP) is 1.52. The summed E-state index contributed by atoms with van der Waals surface area (Å²) < 4.78 is 0. The lowest BCUT2D eigenvalue weighted by Gasteiger charge is -2.31. The minimum absolute atomic E-state index is 0.218. The fraction of sp³-hybridized carbons (Fsp3) is 0.889. The van der Waals surface area contributed by atoms with E-state index in [1.807, 2.05) is 6.92 Å². The minimum Gasteiger partial charge on any atom is -0.390 e. The van der Waals surface area contributed by atoms with E-state index < -0.39 is 5.60 Å². The van der Waals surface area contributed by atoms with Crippen LogP contribution in [0.25, 0.3) is 0 Å². The molecule has 0 unspecified atom stereocenters. The van der Waals surface area contributed by atoms with E-state index in [4.69, 9.17) is 0 Å². The van der Waals surface area contributed by atoms with Gasteiger partial charge in [-0.05, 0) is 39.5 Å². The van der Waals surface area contributed by atoms with Crippen LogP contribution in [0.2, 0.25) is 0 Å². The summed E-state index contributed by atoms with van der Waals surface area (Å²) in [6.07, 6.45) is 3.28. The molecule has 0 saturated heterocycles. The smallest absolute Gasteiger partial charge is 0.132 e. The highest BCUT2D eigenvalue weighted by atomic mass is 16.3. The van der Waals surface area contributed by atoms with Gasteiger partial charge in [-0.3, -0.25) is 4.79 Å². The fourth-order valence-corrected chi connectivity index (χ4v) is 1.65. The molecule has 0 bridgehead atoms. The third-order valence-electron chi connectivity index (χ3n) is 2.64.